The Morgan fingerprint density at radius 2 is 1.50 bits per heavy atom. The molecule has 0 radical (unpaired) electrons. The molecule has 7 heteroatoms. The van der Waals surface area contributed by atoms with E-state index < -0.39 is 25.5 Å². The van der Waals surface area contributed by atoms with Crippen molar-refractivity contribution in [1.82, 2.24) is 5.32 Å². The van der Waals surface area contributed by atoms with Crippen LogP contribution in [-0.2, 0) is 18.8 Å². The number of rotatable bonds is 6. The second kappa shape index (κ2) is 9.36. The number of benzene rings is 1. The van der Waals surface area contributed by atoms with Crippen molar-refractivity contribution >= 4 is 18.7 Å². The molecule has 1 heterocycles. The van der Waals surface area contributed by atoms with Gasteiger partial charge >= 0.3 is 13.2 Å². The molecule has 1 aliphatic heterocycles. The van der Waals surface area contributed by atoms with Gasteiger partial charge in [-0.15, -0.1) is 0 Å². The number of carbonyl (C=O) groups is 1. The van der Waals surface area contributed by atoms with Crippen molar-refractivity contribution in [2.75, 3.05) is 6.61 Å². The Balaban J connectivity index is 1.98. The zero-order chi connectivity index (χ0) is 24.5. The van der Waals surface area contributed by atoms with Gasteiger partial charge in [0.05, 0.1) is 17.8 Å². The molecule has 2 unspecified atom stereocenters. The normalized spacial score (nSPS) is 20.0. The van der Waals surface area contributed by atoms with Crippen molar-refractivity contribution in [3.05, 3.63) is 29.8 Å². The maximum absolute atomic E-state index is 12.6. The summed E-state index contributed by atoms with van der Waals surface area (Å²) in [4.78, 5) is 12.6. The Morgan fingerprint density at radius 1 is 1.00 bits per heavy atom. The van der Waals surface area contributed by atoms with Crippen LogP contribution in [0.2, 0.25) is 0 Å². The average Bonchev–Trinajstić information content (AvgIpc) is 2.84. The van der Waals surface area contributed by atoms with Gasteiger partial charge in [0.25, 0.3) is 0 Å². The maximum Gasteiger partial charge on any atom is 0.494 e. The molecule has 1 aromatic carbocycles. The highest BCUT2D eigenvalue weighted by molar-refractivity contribution is 6.62. The smallest absolute Gasteiger partial charge is 0.442 e. The number of alkyl carbamates (subject to hydrolysis) is 1. The number of hydrogen-bond acceptors (Lipinski definition) is 5. The summed E-state index contributed by atoms with van der Waals surface area (Å²) in [6.45, 7) is 22.9. The Hall–Kier alpha value is -1.57. The first-order chi connectivity index (χ1) is 14.4. The standard InChI is InChI=1S/C25H42BNO5/c1-17(30-21(28)27-20(23(5,6)7)29-16-22(2,3)4)18-12-14-19(15-13-18)26-31-24(8,9)25(10,11)32-26/h12-15,17,20H,16H2,1-11H3,(H,27,28). The molecule has 1 fully saturated rings. The molecule has 1 amide bonds. The molecule has 1 saturated heterocycles. The summed E-state index contributed by atoms with van der Waals surface area (Å²) in [7, 11) is -0.416. The van der Waals surface area contributed by atoms with Crippen molar-refractivity contribution in [3.63, 3.8) is 0 Å². The van der Waals surface area contributed by atoms with Crippen LogP contribution in [0.4, 0.5) is 4.79 Å². The van der Waals surface area contributed by atoms with E-state index in [0.29, 0.717) is 6.61 Å². The molecule has 0 aromatic heterocycles. The first kappa shape index (κ1) is 26.7. The van der Waals surface area contributed by atoms with Gasteiger partial charge in [-0.1, -0.05) is 65.8 Å². The fraction of sp³-hybridized carbons (Fsp3) is 0.720. The summed E-state index contributed by atoms with van der Waals surface area (Å²) >= 11 is 0. The van der Waals surface area contributed by atoms with Crippen LogP contribution >= 0.6 is 0 Å². The second-order valence-corrected chi connectivity index (χ2v) is 12.1. The summed E-state index contributed by atoms with van der Waals surface area (Å²) in [5, 5.41) is 2.88. The van der Waals surface area contributed by atoms with Crippen molar-refractivity contribution in [1.29, 1.82) is 0 Å². The second-order valence-electron chi connectivity index (χ2n) is 12.1. The molecule has 1 aromatic rings. The van der Waals surface area contributed by atoms with Crippen molar-refractivity contribution in [2.24, 2.45) is 10.8 Å². The largest absolute Gasteiger partial charge is 0.494 e. The van der Waals surface area contributed by atoms with E-state index in [2.05, 4.69) is 26.1 Å². The summed E-state index contributed by atoms with van der Waals surface area (Å²) in [6, 6.07) is 7.80. The predicted molar refractivity (Wildman–Crippen MR) is 129 cm³/mol. The first-order valence-electron chi connectivity index (χ1n) is 11.5. The summed E-state index contributed by atoms with van der Waals surface area (Å²) < 4.78 is 23.8. The van der Waals surface area contributed by atoms with Gasteiger partial charge in [-0.2, -0.15) is 0 Å². The highest BCUT2D eigenvalue weighted by Gasteiger charge is 2.51. The van der Waals surface area contributed by atoms with Gasteiger partial charge in [-0.3, -0.25) is 5.32 Å². The van der Waals surface area contributed by atoms with Gasteiger partial charge in [0.15, 0.2) is 0 Å². The zero-order valence-electron chi connectivity index (χ0n) is 21.8. The zero-order valence-corrected chi connectivity index (χ0v) is 21.8. The molecule has 0 spiro atoms. The highest BCUT2D eigenvalue weighted by atomic mass is 16.7. The molecule has 1 N–H and O–H groups in total. The van der Waals surface area contributed by atoms with E-state index >= 15 is 0 Å². The SMILES string of the molecule is CC(OC(=O)NC(OCC(C)(C)C)C(C)(C)C)c1ccc(B2OC(C)(C)C(C)(C)O2)cc1. The number of hydrogen-bond donors (Lipinski definition) is 1. The van der Waals surface area contributed by atoms with E-state index in [0.717, 1.165) is 11.0 Å². The Morgan fingerprint density at radius 3 is 1.94 bits per heavy atom. The Bertz CT molecular complexity index is 761. The molecular weight excluding hydrogens is 405 g/mol. The quantitative estimate of drug-likeness (QED) is 0.479. The third kappa shape index (κ3) is 6.96. The Kier molecular flexibility index (Phi) is 7.80. The van der Waals surface area contributed by atoms with Crippen molar-refractivity contribution in [2.45, 2.75) is 99.7 Å². The third-order valence-corrected chi connectivity index (χ3v) is 5.93. The molecule has 6 nitrogen and oxygen atoms in total. The summed E-state index contributed by atoms with van der Waals surface area (Å²) in [5.41, 5.74) is 0.794. The minimum atomic E-state index is -0.499. The lowest BCUT2D eigenvalue weighted by Crippen LogP contribution is -2.47. The van der Waals surface area contributed by atoms with E-state index in [1.807, 2.05) is 79.7 Å². The Labute approximate surface area is 194 Å². The maximum atomic E-state index is 12.6. The van der Waals surface area contributed by atoms with Crippen LogP contribution in [0, 0.1) is 10.8 Å². The highest BCUT2D eigenvalue weighted by Crippen LogP contribution is 2.36. The summed E-state index contributed by atoms with van der Waals surface area (Å²) in [5.74, 6) is 0. The van der Waals surface area contributed by atoms with Crippen molar-refractivity contribution < 1.29 is 23.6 Å². The average molecular weight is 447 g/mol. The molecule has 2 rings (SSSR count). The van der Waals surface area contributed by atoms with Gasteiger partial charge in [-0.25, -0.2) is 4.79 Å². The molecule has 0 aliphatic carbocycles. The molecule has 0 saturated carbocycles. The minimum Gasteiger partial charge on any atom is -0.442 e. The topological polar surface area (TPSA) is 66.0 Å². The van der Waals surface area contributed by atoms with Crippen molar-refractivity contribution in [3.8, 4) is 0 Å². The van der Waals surface area contributed by atoms with Crippen LogP contribution in [-0.4, -0.2) is 37.2 Å². The van der Waals surface area contributed by atoms with Crippen LogP contribution in [0.3, 0.4) is 0 Å². The summed E-state index contributed by atoms with van der Waals surface area (Å²) in [6.07, 6.45) is -1.36. The van der Waals surface area contributed by atoms with Crippen LogP contribution in [0.15, 0.2) is 24.3 Å². The van der Waals surface area contributed by atoms with E-state index in [-0.39, 0.29) is 22.0 Å². The lowest BCUT2D eigenvalue weighted by molar-refractivity contribution is -0.0652. The lowest BCUT2D eigenvalue weighted by Gasteiger charge is -2.33. The molecule has 32 heavy (non-hydrogen) atoms. The van der Waals surface area contributed by atoms with Gasteiger partial charge in [0.2, 0.25) is 0 Å². The van der Waals surface area contributed by atoms with Crippen LogP contribution in [0.5, 0.6) is 0 Å². The van der Waals surface area contributed by atoms with E-state index in [1.54, 1.807) is 0 Å². The minimum absolute atomic E-state index is 0.00129. The van der Waals surface area contributed by atoms with Gasteiger partial charge in [0.1, 0.15) is 12.3 Å². The molecule has 0 bridgehead atoms. The molecule has 1 aliphatic rings. The number of nitrogens with one attached hydrogen (secondary N) is 1. The van der Waals surface area contributed by atoms with E-state index in [4.69, 9.17) is 18.8 Å². The monoisotopic (exact) mass is 447 g/mol. The van der Waals surface area contributed by atoms with Crippen LogP contribution in [0.1, 0.15) is 87.8 Å². The molecular formula is C25H42BNO5. The number of carbonyl (C=O) groups excluding carboxylic acids is 1. The van der Waals surface area contributed by atoms with Gasteiger partial charge in [0, 0.05) is 5.41 Å². The number of ether oxygens (including phenoxy) is 2. The van der Waals surface area contributed by atoms with Gasteiger partial charge in [-0.05, 0) is 51.1 Å². The van der Waals surface area contributed by atoms with E-state index in [9.17, 15) is 4.79 Å². The predicted octanol–water partition coefficient (Wildman–Crippen LogP) is 5.21. The van der Waals surface area contributed by atoms with E-state index in [1.165, 1.54) is 0 Å². The fourth-order valence-corrected chi connectivity index (χ4v) is 3.11. The number of amides is 1. The first-order valence-corrected chi connectivity index (χ1v) is 11.5. The van der Waals surface area contributed by atoms with Crippen LogP contribution < -0.4 is 10.8 Å². The van der Waals surface area contributed by atoms with Crippen LogP contribution in [0.25, 0.3) is 0 Å². The van der Waals surface area contributed by atoms with Gasteiger partial charge < -0.3 is 18.8 Å². The lowest BCUT2D eigenvalue weighted by atomic mass is 9.78. The molecule has 2 atom stereocenters. The fourth-order valence-electron chi connectivity index (χ4n) is 3.11. The molecule has 180 valence electrons. The third-order valence-electron chi connectivity index (χ3n) is 5.93.